The van der Waals surface area contributed by atoms with Crippen molar-refractivity contribution in [2.75, 3.05) is 0 Å². The van der Waals surface area contributed by atoms with Crippen molar-refractivity contribution in [3.63, 3.8) is 0 Å². The quantitative estimate of drug-likeness (QED) is 0.858. The Hall–Kier alpha value is -1.36. The van der Waals surface area contributed by atoms with E-state index in [4.69, 9.17) is 5.11 Å². The molecule has 1 aliphatic carbocycles. The van der Waals surface area contributed by atoms with Crippen molar-refractivity contribution in [2.45, 2.75) is 38.0 Å². The van der Waals surface area contributed by atoms with Gasteiger partial charge in [-0.1, -0.05) is 19.3 Å². The molecule has 0 bridgehead atoms. The summed E-state index contributed by atoms with van der Waals surface area (Å²) in [5, 5.41) is 9.97. The average Bonchev–Trinajstić information content (AvgIpc) is 2.89. The predicted molar refractivity (Wildman–Crippen MR) is 66.8 cm³/mol. The van der Waals surface area contributed by atoms with Gasteiger partial charge < -0.3 is 10.1 Å². The number of aromatic carboxylic acids is 1. The maximum absolute atomic E-state index is 10.9. The van der Waals surface area contributed by atoms with Crippen LogP contribution in [0.3, 0.4) is 0 Å². The first-order valence-corrected chi connectivity index (χ1v) is 6.74. The zero-order valence-electron chi connectivity index (χ0n) is 9.40. The Balaban J connectivity index is 2.00. The van der Waals surface area contributed by atoms with Crippen molar-refractivity contribution in [3.05, 3.63) is 17.5 Å². The first-order valence-electron chi connectivity index (χ1n) is 5.97. The molecule has 2 aromatic rings. The van der Waals surface area contributed by atoms with Gasteiger partial charge in [0.1, 0.15) is 10.5 Å². The molecule has 2 aromatic heterocycles. The molecular weight excluding hydrogens is 236 g/mol. The van der Waals surface area contributed by atoms with Crippen molar-refractivity contribution >= 4 is 27.7 Å². The fourth-order valence-electron chi connectivity index (χ4n) is 2.63. The molecule has 0 saturated heterocycles. The van der Waals surface area contributed by atoms with Crippen LogP contribution in [0, 0.1) is 0 Å². The third-order valence-corrected chi connectivity index (χ3v) is 4.31. The zero-order chi connectivity index (χ0) is 11.8. The summed E-state index contributed by atoms with van der Waals surface area (Å²) >= 11 is 1.38. The van der Waals surface area contributed by atoms with Gasteiger partial charge in [0.2, 0.25) is 0 Å². The standard InChI is InChI=1S/C12H14N2O2S/c15-12(16)9-6-8-10(14-17-11(8)13-9)7-4-2-1-3-5-7/h6-7,13H,1-5H2,(H,15,16). The maximum atomic E-state index is 10.9. The maximum Gasteiger partial charge on any atom is 0.352 e. The minimum absolute atomic E-state index is 0.269. The van der Waals surface area contributed by atoms with Crippen molar-refractivity contribution in [2.24, 2.45) is 0 Å². The van der Waals surface area contributed by atoms with E-state index >= 15 is 0 Å². The summed E-state index contributed by atoms with van der Waals surface area (Å²) < 4.78 is 4.50. The summed E-state index contributed by atoms with van der Waals surface area (Å²) in [5.41, 5.74) is 1.37. The molecule has 2 heterocycles. The Morgan fingerprint density at radius 2 is 2.18 bits per heavy atom. The minimum atomic E-state index is -0.900. The highest BCUT2D eigenvalue weighted by molar-refractivity contribution is 7.13. The molecule has 1 fully saturated rings. The molecule has 0 aliphatic heterocycles. The summed E-state index contributed by atoms with van der Waals surface area (Å²) in [6, 6.07) is 1.73. The van der Waals surface area contributed by atoms with Gasteiger partial charge in [0.05, 0.1) is 5.69 Å². The number of hydrogen-bond acceptors (Lipinski definition) is 3. The summed E-state index contributed by atoms with van der Waals surface area (Å²) in [4.78, 5) is 14.7. The van der Waals surface area contributed by atoms with E-state index < -0.39 is 5.97 Å². The van der Waals surface area contributed by atoms with E-state index in [1.165, 1.54) is 43.6 Å². The first-order chi connectivity index (χ1) is 8.25. The lowest BCUT2D eigenvalue weighted by atomic mass is 9.86. The molecule has 1 saturated carbocycles. The highest BCUT2D eigenvalue weighted by Gasteiger charge is 2.22. The zero-order valence-corrected chi connectivity index (χ0v) is 10.2. The third kappa shape index (κ3) is 1.84. The predicted octanol–water partition coefficient (Wildman–Crippen LogP) is 3.37. The molecule has 1 aliphatic rings. The van der Waals surface area contributed by atoms with Gasteiger partial charge in [-0.05, 0) is 30.4 Å². The molecule has 3 rings (SSSR count). The van der Waals surface area contributed by atoms with Crippen LogP contribution < -0.4 is 0 Å². The molecule has 0 radical (unpaired) electrons. The van der Waals surface area contributed by atoms with Crippen molar-refractivity contribution in [1.29, 1.82) is 0 Å². The van der Waals surface area contributed by atoms with Gasteiger partial charge in [0, 0.05) is 11.3 Å². The van der Waals surface area contributed by atoms with Gasteiger partial charge >= 0.3 is 5.97 Å². The van der Waals surface area contributed by atoms with E-state index in [1.807, 2.05) is 0 Å². The number of carboxylic acid groups (broad SMARTS) is 1. The van der Waals surface area contributed by atoms with Gasteiger partial charge in [-0.3, -0.25) is 0 Å². The van der Waals surface area contributed by atoms with E-state index in [-0.39, 0.29) is 5.69 Å². The Morgan fingerprint density at radius 1 is 1.41 bits per heavy atom. The molecular formula is C12H14N2O2S. The molecule has 0 aromatic carbocycles. The number of nitrogens with one attached hydrogen (secondary N) is 1. The highest BCUT2D eigenvalue weighted by atomic mass is 32.1. The second-order valence-corrected chi connectivity index (χ2v) is 5.41. The van der Waals surface area contributed by atoms with E-state index in [1.54, 1.807) is 6.07 Å². The topological polar surface area (TPSA) is 66.0 Å². The number of aromatic nitrogens is 2. The molecule has 17 heavy (non-hydrogen) atoms. The lowest BCUT2D eigenvalue weighted by Crippen LogP contribution is -2.04. The molecule has 2 N–H and O–H groups in total. The van der Waals surface area contributed by atoms with E-state index in [9.17, 15) is 4.79 Å². The second-order valence-electron chi connectivity index (χ2n) is 4.63. The minimum Gasteiger partial charge on any atom is -0.477 e. The molecule has 5 heteroatoms. The van der Waals surface area contributed by atoms with Gasteiger partial charge in [-0.2, -0.15) is 4.37 Å². The molecule has 0 spiro atoms. The van der Waals surface area contributed by atoms with Gasteiger partial charge in [0.15, 0.2) is 0 Å². The van der Waals surface area contributed by atoms with Crippen LogP contribution in [0.25, 0.3) is 10.2 Å². The van der Waals surface area contributed by atoms with Gasteiger partial charge in [0.25, 0.3) is 0 Å². The highest BCUT2D eigenvalue weighted by Crippen LogP contribution is 2.37. The first kappa shape index (κ1) is 10.8. The number of H-pyrrole nitrogens is 1. The van der Waals surface area contributed by atoms with Crippen molar-refractivity contribution < 1.29 is 9.90 Å². The Morgan fingerprint density at radius 3 is 2.88 bits per heavy atom. The van der Waals surface area contributed by atoms with Gasteiger partial charge in [-0.25, -0.2) is 4.79 Å². The number of carbonyl (C=O) groups is 1. The van der Waals surface area contributed by atoms with Crippen LogP contribution >= 0.6 is 11.5 Å². The number of nitrogens with zero attached hydrogens (tertiary/aromatic N) is 1. The number of hydrogen-bond donors (Lipinski definition) is 2. The lowest BCUT2D eigenvalue weighted by Gasteiger charge is -2.19. The molecule has 90 valence electrons. The smallest absolute Gasteiger partial charge is 0.352 e. The second kappa shape index (κ2) is 4.14. The summed E-state index contributed by atoms with van der Waals surface area (Å²) in [6.45, 7) is 0. The number of carboxylic acids is 1. The van der Waals surface area contributed by atoms with Crippen LogP contribution in [-0.2, 0) is 0 Å². The fourth-order valence-corrected chi connectivity index (χ4v) is 3.48. The van der Waals surface area contributed by atoms with Crippen LogP contribution in [0.1, 0.15) is 54.2 Å². The Labute approximate surface area is 103 Å². The molecule has 0 unspecified atom stereocenters. The summed E-state index contributed by atoms with van der Waals surface area (Å²) in [5.74, 6) is -0.377. The SMILES string of the molecule is O=C(O)c1cc2c(C3CCCCC3)nsc2[nH]1. The molecule has 4 nitrogen and oxygen atoms in total. The lowest BCUT2D eigenvalue weighted by molar-refractivity contribution is 0.0691. The summed E-state index contributed by atoms with van der Waals surface area (Å²) in [6.07, 6.45) is 6.22. The van der Waals surface area contributed by atoms with Crippen LogP contribution in [0.15, 0.2) is 6.07 Å². The van der Waals surface area contributed by atoms with E-state index in [0.29, 0.717) is 5.92 Å². The van der Waals surface area contributed by atoms with Crippen LogP contribution in [0.5, 0.6) is 0 Å². The normalized spacial score (nSPS) is 17.6. The monoisotopic (exact) mass is 250 g/mol. The number of rotatable bonds is 2. The van der Waals surface area contributed by atoms with Crippen molar-refractivity contribution in [1.82, 2.24) is 9.36 Å². The molecule has 0 atom stereocenters. The third-order valence-electron chi connectivity index (χ3n) is 3.52. The van der Waals surface area contributed by atoms with Crippen LogP contribution in [0.2, 0.25) is 0 Å². The summed E-state index contributed by atoms with van der Waals surface area (Å²) in [7, 11) is 0. The number of aromatic amines is 1. The Kier molecular flexibility index (Phi) is 2.63. The van der Waals surface area contributed by atoms with Gasteiger partial charge in [-0.15, -0.1) is 0 Å². The van der Waals surface area contributed by atoms with Crippen LogP contribution in [-0.4, -0.2) is 20.4 Å². The van der Waals surface area contributed by atoms with Crippen molar-refractivity contribution in [3.8, 4) is 0 Å². The van der Waals surface area contributed by atoms with E-state index in [0.717, 1.165) is 15.9 Å². The van der Waals surface area contributed by atoms with Crippen LogP contribution in [0.4, 0.5) is 0 Å². The largest absolute Gasteiger partial charge is 0.477 e. The number of fused-ring (bicyclic) bond motifs is 1. The van der Waals surface area contributed by atoms with E-state index in [2.05, 4.69) is 9.36 Å². The Bertz CT molecular complexity index is 552. The fraction of sp³-hybridized carbons (Fsp3) is 0.500. The average molecular weight is 250 g/mol. The molecule has 0 amide bonds.